The normalized spacial score (nSPS) is 9.63. The average Bonchev–Trinajstić information content (AvgIpc) is 2.85. The zero-order valence-corrected chi connectivity index (χ0v) is 13.4. The van der Waals surface area contributed by atoms with Gasteiger partial charge in [0.1, 0.15) is 10.3 Å². The van der Waals surface area contributed by atoms with Gasteiger partial charge in [-0.1, -0.05) is 45.1 Å². The van der Waals surface area contributed by atoms with Crippen molar-refractivity contribution >= 4 is 57.7 Å². The predicted octanol–water partition coefficient (Wildman–Crippen LogP) is 2.26. The minimum absolute atomic E-state index is 0. The van der Waals surface area contributed by atoms with E-state index < -0.39 is 0 Å². The van der Waals surface area contributed by atoms with Crippen molar-refractivity contribution in [3.05, 3.63) is 54.2 Å². The van der Waals surface area contributed by atoms with Crippen molar-refractivity contribution in [2.75, 3.05) is 0 Å². The molecule has 0 bridgehead atoms. The van der Waals surface area contributed by atoms with Crippen molar-refractivity contribution in [1.82, 2.24) is 4.98 Å². The van der Waals surface area contributed by atoms with Crippen molar-refractivity contribution in [2.24, 2.45) is 0 Å². The minimum atomic E-state index is 0. The summed E-state index contributed by atoms with van der Waals surface area (Å²) in [4.78, 5) is 3.78. The molecule has 0 amide bonds. The molecule has 92 valence electrons. The van der Waals surface area contributed by atoms with Crippen LogP contribution in [0.5, 0.6) is 0 Å². The molecule has 8 heteroatoms. The van der Waals surface area contributed by atoms with E-state index in [1.54, 1.807) is 6.07 Å². The van der Waals surface area contributed by atoms with Gasteiger partial charge in [0.25, 0.3) is 0 Å². The van der Waals surface area contributed by atoms with E-state index in [1.165, 1.54) is 11.3 Å². The molecule has 0 unspecified atom stereocenters. The Bertz CT molecular complexity index is 598. The fourth-order valence-corrected chi connectivity index (χ4v) is 2.94. The number of halogens is 4. The topological polar surface area (TPSA) is 36.7 Å². The third kappa shape index (κ3) is 3.35. The van der Waals surface area contributed by atoms with Crippen LogP contribution in [0, 0.1) is 17.2 Å². The van der Waals surface area contributed by atoms with Gasteiger partial charge in [-0.2, -0.15) is 0 Å². The van der Waals surface area contributed by atoms with Gasteiger partial charge < -0.3 is 0 Å². The van der Waals surface area contributed by atoms with Crippen LogP contribution in [-0.2, 0) is 0 Å². The van der Waals surface area contributed by atoms with Gasteiger partial charge in [-0.3, -0.25) is 0 Å². The van der Waals surface area contributed by atoms with Crippen molar-refractivity contribution in [1.29, 1.82) is 5.26 Å². The molecule has 0 aliphatic heterocycles. The second-order valence-corrected chi connectivity index (χ2v) is 5.45. The zero-order valence-electron chi connectivity index (χ0n) is 9.55. The Balaban J connectivity index is 0.00000180. The third-order valence-electron chi connectivity index (χ3n) is 2.17. The molecular formula is C11H3Cl4LiN2S. The van der Waals surface area contributed by atoms with Gasteiger partial charge in [0.2, 0.25) is 0 Å². The fraction of sp³-hybridized carbons (Fsp3) is 0. The van der Waals surface area contributed by atoms with Gasteiger partial charge in [-0.05, 0) is 5.92 Å². The van der Waals surface area contributed by atoms with Gasteiger partial charge >= 0.3 is 18.9 Å². The molecule has 0 spiro atoms. The Morgan fingerprint density at radius 1 is 1.16 bits per heavy atom. The van der Waals surface area contributed by atoms with Gasteiger partial charge in [0, 0.05) is 10.0 Å². The third-order valence-corrected chi connectivity index (χ3v) is 4.33. The molecule has 0 aliphatic rings. The number of aromatic nitrogens is 1. The van der Waals surface area contributed by atoms with Crippen LogP contribution in [0.1, 0.15) is 11.1 Å². The summed E-state index contributed by atoms with van der Waals surface area (Å²) in [6, 6.07) is 3.86. The van der Waals surface area contributed by atoms with Crippen LogP contribution in [0.15, 0.2) is 16.8 Å². The molecule has 0 fully saturated rings. The van der Waals surface area contributed by atoms with E-state index in [0.717, 1.165) is 0 Å². The number of nitrogens with zero attached hydrogens (tertiary/aromatic N) is 2. The Morgan fingerprint density at radius 3 is 2.16 bits per heavy atom. The summed E-state index contributed by atoms with van der Waals surface area (Å²) < 4.78 is 0. The monoisotopic (exact) mass is 342 g/mol. The quantitative estimate of drug-likeness (QED) is 0.476. The van der Waals surface area contributed by atoms with Crippen molar-refractivity contribution in [3.63, 3.8) is 0 Å². The maximum absolute atomic E-state index is 9.28. The second kappa shape index (κ2) is 7.11. The van der Waals surface area contributed by atoms with Crippen molar-refractivity contribution < 1.29 is 18.9 Å². The molecular weight excluding hydrogens is 341 g/mol. The van der Waals surface area contributed by atoms with E-state index in [1.807, 2.05) is 10.8 Å². The molecule has 2 aromatic heterocycles. The molecule has 2 rings (SSSR count). The maximum atomic E-state index is 9.28. The summed E-state index contributed by atoms with van der Waals surface area (Å²) in [5.74, 6) is 0.317. The largest absolute Gasteiger partial charge is 1.00 e. The van der Waals surface area contributed by atoms with Gasteiger partial charge in [0.05, 0.1) is 6.07 Å². The Morgan fingerprint density at radius 2 is 1.74 bits per heavy atom. The Kier molecular flexibility index (Phi) is 6.37. The van der Waals surface area contributed by atoms with Crippen LogP contribution >= 0.6 is 57.7 Å². The Hall–Kier alpha value is -0.0326. The molecule has 0 radical (unpaired) electrons. The van der Waals surface area contributed by atoms with E-state index in [2.05, 4.69) is 11.1 Å². The smallest absolute Gasteiger partial charge is 0.238 e. The Labute approximate surface area is 146 Å². The van der Waals surface area contributed by atoms with E-state index in [9.17, 15) is 5.26 Å². The van der Waals surface area contributed by atoms with Gasteiger partial charge in [-0.25, -0.2) is 21.6 Å². The molecule has 0 saturated heterocycles. The summed E-state index contributed by atoms with van der Waals surface area (Å²) >= 11 is 25.3. The number of nitriles is 1. The molecule has 0 atom stereocenters. The summed E-state index contributed by atoms with van der Waals surface area (Å²) in [5.41, 5.74) is 1.02. The summed E-state index contributed by atoms with van der Waals surface area (Å²) in [6.45, 7) is 0. The first-order valence-corrected chi connectivity index (χ1v) is 7.01. The maximum Gasteiger partial charge on any atom is 1.00 e. The van der Waals surface area contributed by atoms with Crippen LogP contribution in [0.25, 0.3) is 0 Å². The molecule has 0 aliphatic carbocycles. The van der Waals surface area contributed by atoms with Crippen molar-refractivity contribution in [2.45, 2.75) is 0 Å². The first kappa shape index (κ1) is 17.0. The van der Waals surface area contributed by atoms with Crippen LogP contribution in [0.3, 0.4) is 0 Å². The van der Waals surface area contributed by atoms with Gasteiger partial charge in [0.15, 0.2) is 0 Å². The molecule has 0 aromatic carbocycles. The van der Waals surface area contributed by atoms with Crippen LogP contribution in [0.2, 0.25) is 20.4 Å². The molecule has 2 heterocycles. The number of pyridine rings is 1. The number of thiophene rings is 1. The van der Waals surface area contributed by atoms with E-state index >= 15 is 0 Å². The standard InChI is InChI=1S/C11H3Cl4N2S.Li/c12-8-7(9(13)11(15)17-10(8)14)6(3-16)5-1-2-18-4-5;/h1-2,4H;/q-1;+1. The molecule has 0 N–H and O–H groups in total. The zero-order chi connectivity index (χ0) is 13.3. The predicted molar refractivity (Wildman–Crippen MR) is 75.7 cm³/mol. The SMILES string of the molecule is N#C[C-](c1ccsc1)c1c(Cl)c(Cl)nc(Cl)c1Cl.[Li+]. The molecule has 2 aromatic rings. The average molecular weight is 344 g/mol. The minimum Gasteiger partial charge on any atom is -0.238 e. The molecule has 0 saturated carbocycles. The van der Waals surface area contributed by atoms with E-state index in [-0.39, 0.29) is 39.2 Å². The number of hydrogen-bond donors (Lipinski definition) is 0. The summed E-state index contributed by atoms with van der Waals surface area (Å²) in [5, 5.41) is 13.2. The van der Waals surface area contributed by atoms with Crippen molar-refractivity contribution in [3.8, 4) is 6.07 Å². The summed E-state index contributed by atoms with van der Waals surface area (Å²) in [7, 11) is 0. The fourth-order valence-electron chi connectivity index (χ4n) is 1.38. The molecule has 19 heavy (non-hydrogen) atoms. The number of hydrogen-bond acceptors (Lipinski definition) is 3. The van der Waals surface area contributed by atoms with Gasteiger partial charge in [-0.15, -0.1) is 29.3 Å². The van der Waals surface area contributed by atoms with Crippen LogP contribution in [0.4, 0.5) is 0 Å². The first-order valence-electron chi connectivity index (χ1n) is 4.56. The molecule has 2 nitrogen and oxygen atoms in total. The van der Waals surface area contributed by atoms with Crippen LogP contribution in [-0.4, -0.2) is 4.98 Å². The number of rotatable bonds is 2. The van der Waals surface area contributed by atoms with E-state index in [0.29, 0.717) is 17.0 Å². The first-order chi connectivity index (χ1) is 8.56. The van der Waals surface area contributed by atoms with E-state index in [4.69, 9.17) is 46.4 Å². The second-order valence-electron chi connectivity index (χ2n) is 3.20. The van der Waals surface area contributed by atoms with Crippen LogP contribution < -0.4 is 18.9 Å². The summed E-state index contributed by atoms with van der Waals surface area (Å²) in [6.07, 6.45) is 0.